The number of hydrazone groups is 1. The van der Waals surface area contributed by atoms with Crippen LogP contribution >= 0.6 is 23.2 Å². The Bertz CT molecular complexity index is 1570. The maximum absolute atomic E-state index is 13.7. The Balaban J connectivity index is 1.15. The molecule has 4 aromatic rings. The van der Waals surface area contributed by atoms with E-state index < -0.39 is 11.8 Å². The summed E-state index contributed by atoms with van der Waals surface area (Å²) in [5.74, 6) is -1.09. The van der Waals surface area contributed by atoms with E-state index in [1.165, 1.54) is 6.21 Å². The first kappa shape index (κ1) is 24.1. The molecule has 0 saturated carbocycles. The third-order valence-corrected chi connectivity index (χ3v) is 8.60. The molecule has 4 aliphatic rings. The maximum atomic E-state index is 13.7. The fraction of sp³-hybridized carbons (Fsp3) is 0.156. The molecule has 192 valence electrons. The molecule has 0 radical (unpaired) electrons. The van der Waals surface area contributed by atoms with Crippen molar-refractivity contribution in [1.82, 2.24) is 5.01 Å². The lowest BCUT2D eigenvalue weighted by molar-refractivity contribution is -0.139. The third kappa shape index (κ3) is 3.88. The molecular weight excluding hydrogens is 531 g/mol. The van der Waals surface area contributed by atoms with Crippen LogP contribution in [0.4, 0.5) is 0 Å². The van der Waals surface area contributed by atoms with E-state index in [2.05, 4.69) is 29.4 Å². The molecule has 2 atom stereocenters. The van der Waals surface area contributed by atoms with Gasteiger partial charge in [-0.2, -0.15) is 10.1 Å². The molecular formula is C32H22Cl2N2O3. The monoisotopic (exact) mass is 552 g/mol. The zero-order valence-corrected chi connectivity index (χ0v) is 22.1. The number of rotatable bonds is 5. The van der Waals surface area contributed by atoms with Crippen molar-refractivity contribution < 1.29 is 14.3 Å². The lowest BCUT2D eigenvalue weighted by Crippen LogP contribution is -2.41. The molecule has 0 unspecified atom stereocenters. The Morgan fingerprint density at radius 1 is 0.744 bits per heavy atom. The number of ether oxygens (including phenoxy) is 1. The smallest absolute Gasteiger partial charge is 0.254 e. The van der Waals surface area contributed by atoms with E-state index in [1.54, 1.807) is 18.2 Å². The van der Waals surface area contributed by atoms with Crippen molar-refractivity contribution in [3.8, 4) is 5.75 Å². The van der Waals surface area contributed by atoms with Gasteiger partial charge in [0.1, 0.15) is 12.4 Å². The van der Waals surface area contributed by atoms with Gasteiger partial charge < -0.3 is 4.74 Å². The predicted octanol–water partition coefficient (Wildman–Crippen LogP) is 6.80. The second-order valence-corrected chi connectivity index (χ2v) is 10.9. The summed E-state index contributed by atoms with van der Waals surface area (Å²) in [6.45, 7) is 0.271. The minimum absolute atomic E-state index is 0.152. The van der Waals surface area contributed by atoms with Crippen LogP contribution in [0.25, 0.3) is 0 Å². The first-order valence-electron chi connectivity index (χ1n) is 12.8. The molecule has 0 aromatic heterocycles. The number of imide groups is 1. The molecule has 5 nitrogen and oxygen atoms in total. The van der Waals surface area contributed by atoms with Crippen molar-refractivity contribution in [2.24, 2.45) is 16.9 Å². The lowest BCUT2D eigenvalue weighted by Gasteiger charge is -2.45. The minimum Gasteiger partial charge on any atom is -0.489 e. The van der Waals surface area contributed by atoms with E-state index >= 15 is 0 Å². The standard InChI is InChI=1S/C32H22Cl2N2O3/c33-20-13-12-19(26(34)15-20)17-39-21-7-5-6-18(14-21)16-35-36-31(37)29-27-22-8-1-2-9-23(22)28(30(29)32(36)38)25-11-4-3-10-24(25)27/h1-16,27-30H,17H2/b35-16-/t27?,28?,29-,30-/m0/s1. The summed E-state index contributed by atoms with van der Waals surface area (Å²) in [5.41, 5.74) is 6.08. The number of amides is 2. The molecule has 4 aromatic carbocycles. The fourth-order valence-corrected chi connectivity index (χ4v) is 6.85. The van der Waals surface area contributed by atoms with Gasteiger partial charge in [0.05, 0.1) is 18.1 Å². The predicted molar refractivity (Wildman–Crippen MR) is 150 cm³/mol. The second kappa shape index (κ2) is 9.37. The summed E-state index contributed by atoms with van der Waals surface area (Å²) in [5, 5.41) is 6.58. The van der Waals surface area contributed by atoms with E-state index in [-0.39, 0.29) is 30.3 Å². The van der Waals surface area contributed by atoms with Gasteiger partial charge in [-0.05, 0) is 52.1 Å². The zero-order chi connectivity index (χ0) is 26.7. The van der Waals surface area contributed by atoms with Crippen LogP contribution in [0.3, 0.4) is 0 Å². The zero-order valence-electron chi connectivity index (χ0n) is 20.6. The molecule has 1 aliphatic heterocycles. The van der Waals surface area contributed by atoms with Gasteiger partial charge in [0.25, 0.3) is 11.8 Å². The SMILES string of the molecule is O=C1[C@H]2C3c4ccccc4C(c4ccccc43)[C@@H]2C(=O)N1/N=C\c1cccc(OCc2ccc(Cl)cc2Cl)c1. The highest BCUT2D eigenvalue weighted by atomic mass is 35.5. The Hall–Kier alpha value is -3.93. The van der Waals surface area contributed by atoms with Crippen molar-refractivity contribution in [3.63, 3.8) is 0 Å². The maximum Gasteiger partial charge on any atom is 0.254 e. The summed E-state index contributed by atoms with van der Waals surface area (Å²) < 4.78 is 5.92. The van der Waals surface area contributed by atoms with Crippen molar-refractivity contribution >= 4 is 41.2 Å². The van der Waals surface area contributed by atoms with Gasteiger partial charge in [0, 0.05) is 27.4 Å². The summed E-state index contributed by atoms with van der Waals surface area (Å²) in [4.78, 5) is 27.4. The van der Waals surface area contributed by atoms with Gasteiger partial charge in [-0.3, -0.25) is 9.59 Å². The third-order valence-electron chi connectivity index (χ3n) is 8.02. The quantitative estimate of drug-likeness (QED) is 0.202. The average molecular weight is 553 g/mol. The Labute approximate surface area is 235 Å². The number of halogens is 2. The van der Waals surface area contributed by atoms with Crippen molar-refractivity contribution in [2.45, 2.75) is 18.4 Å². The number of nitrogens with zero attached hydrogens (tertiary/aromatic N) is 2. The van der Waals surface area contributed by atoms with Crippen molar-refractivity contribution in [3.05, 3.63) is 134 Å². The topological polar surface area (TPSA) is 59.0 Å². The van der Waals surface area contributed by atoms with Crippen LogP contribution in [-0.2, 0) is 16.2 Å². The van der Waals surface area contributed by atoms with Gasteiger partial charge in [-0.1, -0.05) is 89.9 Å². The normalized spacial score (nSPS) is 22.7. The average Bonchev–Trinajstić information content (AvgIpc) is 3.21. The van der Waals surface area contributed by atoms with Gasteiger partial charge in [0.2, 0.25) is 0 Å². The second-order valence-electron chi connectivity index (χ2n) is 10.1. The van der Waals surface area contributed by atoms with Crippen LogP contribution in [0.5, 0.6) is 5.75 Å². The molecule has 0 spiro atoms. The molecule has 8 rings (SSSR count). The van der Waals surface area contributed by atoms with Gasteiger partial charge in [-0.15, -0.1) is 0 Å². The van der Waals surface area contributed by atoms with Crippen LogP contribution in [0.15, 0.2) is 96.1 Å². The number of hydrogen-bond acceptors (Lipinski definition) is 4. The van der Waals surface area contributed by atoms with E-state index in [0.29, 0.717) is 21.4 Å². The van der Waals surface area contributed by atoms with E-state index in [0.717, 1.165) is 32.8 Å². The van der Waals surface area contributed by atoms with E-state index in [1.807, 2.05) is 48.5 Å². The Morgan fingerprint density at radius 2 is 1.33 bits per heavy atom. The Kier molecular flexibility index (Phi) is 5.80. The number of carbonyl (C=O) groups excluding carboxylic acids is 2. The molecule has 39 heavy (non-hydrogen) atoms. The molecule has 1 heterocycles. The van der Waals surface area contributed by atoms with Crippen molar-refractivity contribution in [2.75, 3.05) is 0 Å². The van der Waals surface area contributed by atoms with Crippen molar-refractivity contribution in [1.29, 1.82) is 0 Å². The minimum atomic E-state index is -0.455. The molecule has 2 bridgehead atoms. The van der Waals surface area contributed by atoms with Crippen LogP contribution in [0, 0.1) is 11.8 Å². The molecule has 1 fully saturated rings. The van der Waals surface area contributed by atoms with E-state index in [4.69, 9.17) is 27.9 Å². The van der Waals surface area contributed by atoms with Gasteiger partial charge in [-0.25, -0.2) is 0 Å². The van der Waals surface area contributed by atoms with Gasteiger partial charge >= 0.3 is 0 Å². The van der Waals surface area contributed by atoms with Crippen LogP contribution in [-0.4, -0.2) is 23.0 Å². The molecule has 3 aliphatic carbocycles. The first-order valence-corrected chi connectivity index (χ1v) is 13.5. The highest BCUT2D eigenvalue weighted by Gasteiger charge is 2.61. The van der Waals surface area contributed by atoms with E-state index in [9.17, 15) is 9.59 Å². The fourth-order valence-electron chi connectivity index (χ4n) is 6.38. The van der Waals surface area contributed by atoms with Crippen LogP contribution in [0.2, 0.25) is 10.0 Å². The molecule has 0 N–H and O–H groups in total. The van der Waals surface area contributed by atoms with Gasteiger partial charge in [0.15, 0.2) is 0 Å². The van der Waals surface area contributed by atoms with Crippen LogP contribution < -0.4 is 4.74 Å². The molecule has 2 amide bonds. The summed E-state index contributed by atoms with van der Waals surface area (Å²) in [6.07, 6.45) is 1.54. The number of benzene rings is 4. The largest absolute Gasteiger partial charge is 0.489 e. The number of carbonyl (C=O) groups is 2. The Morgan fingerprint density at radius 3 is 1.90 bits per heavy atom. The molecule has 1 saturated heterocycles. The van der Waals surface area contributed by atoms with Crippen LogP contribution in [0.1, 0.15) is 45.2 Å². The molecule has 7 heteroatoms. The first-order chi connectivity index (χ1) is 19.0. The highest BCUT2D eigenvalue weighted by molar-refractivity contribution is 6.35. The summed E-state index contributed by atoms with van der Waals surface area (Å²) >= 11 is 12.2. The summed E-state index contributed by atoms with van der Waals surface area (Å²) in [6, 6.07) is 29.0. The lowest BCUT2D eigenvalue weighted by atomic mass is 9.55. The highest BCUT2D eigenvalue weighted by Crippen LogP contribution is 2.60. The number of hydrogen-bond donors (Lipinski definition) is 0. The summed E-state index contributed by atoms with van der Waals surface area (Å²) in [7, 11) is 0.